The summed E-state index contributed by atoms with van der Waals surface area (Å²) < 4.78 is 13.0. The van der Waals surface area contributed by atoms with Crippen molar-refractivity contribution in [2.45, 2.75) is 19.1 Å². The van der Waals surface area contributed by atoms with Crippen molar-refractivity contribution in [3.8, 4) is 5.75 Å². The smallest absolute Gasteiger partial charge is 0.265 e. The minimum Gasteiger partial charge on any atom is -0.476 e. The number of hydrogen-bond acceptors (Lipinski definition) is 6. The third-order valence-corrected chi connectivity index (χ3v) is 5.97. The van der Waals surface area contributed by atoms with Crippen LogP contribution >= 0.6 is 0 Å². The van der Waals surface area contributed by atoms with Gasteiger partial charge in [0.2, 0.25) is 11.3 Å². The lowest BCUT2D eigenvalue weighted by Crippen LogP contribution is -2.54. The fraction of sp³-hybridized carbons (Fsp3) is 0.333. The molecule has 9 nitrogen and oxygen atoms in total. The summed E-state index contributed by atoms with van der Waals surface area (Å²) in [6.07, 6.45) is 0.661. The number of para-hydroxylation sites is 3. The molecule has 9 heteroatoms. The Balaban J connectivity index is 1.36. The standard InChI is InChI=1S/C24H24N4O5/c29-20-15-25-28(18-6-2-1-5-17(18)20)10-9-23(30)27-16-22(24(31)26-11-13-32-14-12-26)33-21-8-4-3-7-19(21)27/h1-8,15,22H,9-14,16H2. The Morgan fingerprint density at radius 1 is 1.03 bits per heavy atom. The van der Waals surface area contributed by atoms with Crippen LogP contribution in [0.15, 0.2) is 59.5 Å². The molecule has 1 atom stereocenters. The van der Waals surface area contributed by atoms with Crippen LogP contribution < -0.4 is 15.1 Å². The molecule has 0 spiro atoms. The van der Waals surface area contributed by atoms with E-state index in [0.717, 1.165) is 0 Å². The van der Waals surface area contributed by atoms with Crippen LogP contribution in [0.2, 0.25) is 0 Å². The van der Waals surface area contributed by atoms with E-state index in [1.807, 2.05) is 30.3 Å². The van der Waals surface area contributed by atoms with Gasteiger partial charge in [-0.05, 0) is 24.3 Å². The van der Waals surface area contributed by atoms with Gasteiger partial charge in [-0.2, -0.15) is 5.10 Å². The Hall–Kier alpha value is -3.72. The van der Waals surface area contributed by atoms with Gasteiger partial charge in [-0.25, -0.2) is 0 Å². The zero-order valence-corrected chi connectivity index (χ0v) is 18.1. The fourth-order valence-corrected chi connectivity index (χ4v) is 4.26. The van der Waals surface area contributed by atoms with Crippen molar-refractivity contribution in [1.29, 1.82) is 0 Å². The summed E-state index contributed by atoms with van der Waals surface area (Å²) in [7, 11) is 0. The normalized spacial score (nSPS) is 18.0. The topological polar surface area (TPSA) is 94.0 Å². The molecule has 0 bridgehead atoms. The van der Waals surface area contributed by atoms with Gasteiger partial charge in [0.15, 0.2) is 6.10 Å². The Morgan fingerprint density at radius 2 is 1.79 bits per heavy atom. The molecule has 0 aliphatic carbocycles. The van der Waals surface area contributed by atoms with E-state index >= 15 is 0 Å². The molecule has 5 rings (SSSR count). The van der Waals surface area contributed by atoms with E-state index in [1.54, 1.807) is 32.7 Å². The number of fused-ring (bicyclic) bond motifs is 2. The van der Waals surface area contributed by atoms with Gasteiger partial charge in [0.25, 0.3) is 5.91 Å². The number of anilines is 1. The van der Waals surface area contributed by atoms with E-state index in [4.69, 9.17) is 9.47 Å². The highest BCUT2D eigenvalue weighted by Crippen LogP contribution is 2.34. The predicted octanol–water partition coefficient (Wildman–Crippen LogP) is 1.44. The third-order valence-electron chi connectivity index (χ3n) is 5.97. The lowest BCUT2D eigenvalue weighted by molar-refractivity contribution is -0.142. The first kappa shape index (κ1) is 21.1. The minimum absolute atomic E-state index is 0.140. The number of carbonyl (C=O) groups is 2. The van der Waals surface area contributed by atoms with Crippen molar-refractivity contribution in [3.05, 3.63) is 65.0 Å². The number of ether oxygens (including phenoxy) is 2. The van der Waals surface area contributed by atoms with E-state index in [2.05, 4.69) is 5.10 Å². The molecule has 1 aromatic heterocycles. The van der Waals surface area contributed by atoms with Crippen LogP contribution in [-0.4, -0.2) is 65.4 Å². The molecule has 2 aliphatic heterocycles. The van der Waals surface area contributed by atoms with Gasteiger partial charge in [0.1, 0.15) is 5.75 Å². The maximum Gasteiger partial charge on any atom is 0.265 e. The van der Waals surface area contributed by atoms with E-state index in [9.17, 15) is 14.4 Å². The maximum atomic E-state index is 13.3. The van der Waals surface area contributed by atoms with Crippen LogP contribution in [0.25, 0.3) is 10.9 Å². The molecule has 3 heterocycles. The summed E-state index contributed by atoms with van der Waals surface area (Å²) in [6.45, 7) is 2.47. The number of rotatable bonds is 4. The van der Waals surface area contributed by atoms with Gasteiger partial charge in [-0.1, -0.05) is 24.3 Å². The Morgan fingerprint density at radius 3 is 2.64 bits per heavy atom. The van der Waals surface area contributed by atoms with Gasteiger partial charge in [-0.3, -0.25) is 19.1 Å². The molecule has 170 valence electrons. The average Bonchev–Trinajstić information content (AvgIpc) is 2.87. The second-order valence-corrected chi connectivity index (χ2v) is 8.02. The number of nitrogens with zero attached hydrogens (tertiary/aromatic N) is 4. The number of aryl methyl sites for hydroxylation is 1. The first-order valence-electron chi connectivity index (χ1n) is 11.0. The largest absolute Gasteiger partial charge is 0.476 e. The highest BCUT2D eigenvalue weighted by Gasteiger charge is 2.36. The summed E-state index contributed by atoms with van der Waals surface area (Å²) >= 11 is 0. The lowest BCUT2D eigenvalue weighted by atomic mass is 10.1. The number of benzene rings is 2. The van der Waals surface area contributed by atoms with Crippen LogP contribution in [-0.2, 0) is 20.9 Å². The molecule has 1 unspecified atom stereocenters. The monoisotopic (exact) mass is 448 g/mol. The molecule has 0 N–H and O–H groups in total. The fourth-order valence-electron chi connectivity index (χ4n) is 4.26. The number of morpholine rings is 1. The van der Waals surface area contributed by atoms with Gasteiger partial charge >= 0.3 is 0 Å². The Kier molecular flexibility index (Phi) is 5.78. The summed E-state index contributed by atoms with van der Waals surface area (Å²) in [5.74, 6) is 0.226. The summed E-state index contributed by atoms with van der Waals surface area (Å²) in [4.78, 5) is 41.8. The molecule has 1 saturated heterocycles. The van der Waals surface area contributed by atoms with E-state index in [0.29, 0.717) is 55.2 Å². The molecule has 1 fully saturated rings. The zero-order chi connectivity index (χ0) is 22.8. The lowest BCUT2D eigenvalue weighted by Gasteiger charge is -2.37. The number of aromatic nitrogens is 2. The van der Waals surface area contributed by atoms with Gasteiger partial charge in [0, 0.05) is 24.9 Å². The zero-order valence-electron chi connectivity index (χ0n) is 18.1. The number of hydrogen-bond donors (Lipinski definition) is 0. The van der Waals surface area contributed by atoms with Crippen molar-refractivity contribution in [2.24, 2.45) is 0 Å². The van der Waals surface area contributed by atoms with Crippen LogP contribution in [0, 0.1) is 0 Å². The van der Waals surface area contributed by atoms with Gasteiger partial charge < -0.3 is 19.3 Å². The third kappa shape index (κ3) is 4.19. The Labute approximate surface area is 190 Å². The highest BCUT2D eigenvalue weighted by atomic mass is 16.5. The summed E-state index contributed by atoms with van der Waals surface area (Å²) in [6, 6.07) is 14.4. The summed E-state index contributed by atoms with van der Waals surface area (Å²) in [5, 5.41) is 4.77. The average molecular weight is 448 g/mol. The quantitative estimate of drug-likeness (QED) is 0.600. The SMILES string of the molecule is O=C(C1CN(C(=O)CCn2ncc(=O)c3ccccc32)c2ccccc2O1)N1CCOCC1. The van der Waals surface area contributed by atoms with Crippen molar-refractivity contribution in [1.82, 2.24) is 14.7 Å². The molecule has 0 radical (unpaired) electrons. The van der Waals surface area contributed by atoms with E-state index < -0.39 is 6.10 Å². The van der Waals surface area contributed by atoms with Crippen molar-refractivity contribution in [2.75, 3.05) is 37.7 Å². The molecule has 0 saturated carbocycles. The maximum absolute atomic E-state index is 13.3. The molecule has 3 aromatic rings. The van der Waals surface area contributed by atoms with Crippen LogP contribution in [0.5, 0.6) is 5.75 Å². The van der Waals surface area contributed by atoms with Crippen LogP contribution in [0.1, 0.15) is 6.42 Å². The van der Waals surface area contributed by atoms with E-state index in [1.165, 1.54) is 6.20 Å². The van der Waals surface area contributed by atoms with Crippen LogP contribution in [0.3, 0.4) is 0 Å². The second-order valence-electron chi connectivity index (χ2n) is 8.02. The van der Waals surface area contributed by atoms with Gasteiger partial charge in [0.05, 0.1) is 43.7 Å². The molecule has 33 heavy (non-hydrogen) atoms. The molecular weight excluding hydrogens is 424 g/mol. The molecule has 2 amide bonds. The molecule has 2 aromatic carbocycles. The molecular formula is C24H24N4O5. The van der Waals surface area contributed by atoms with Crippen molar-refractivity contribution >= 4 is 28.4 Å². The predicted molar refractivity (Wildman–Crippen MR) is 121 cm³/mol. The van der Waals surface area contributed by atoms with Crippen LogP contribution in [0.4, 0.5) is 5.69 Å². The first-order chi connectivity index (χ1) is 16.1. The Bertz CT molecular complexity index is 1250. The number of carbonyl (C=O) groups excluding carboxylic acids is 2. The number of amides is 2. The second kappa shape index (κ2) is 9.03. The highest BCUT2D eigenvalue weighted by molar-refractivity contribution is 5.97. The molecule has 2 aliphatic rings. The van der Waals surface area contributed by atoms with Crippen molar-refractivity contribution in [3.63, 3.8) is 0 Å². The van der Waals surface area contributed by atoms with Crippen molar-refractivity contribution < 1.29 is 19.1 Å². The van der Waals surface area contributed by atoms with E-state index in [-0.39, 0.29) is 30.2 Å². The summed E-state index contributed by atoms with van der Waals surface area (Å²) in [5.41, 5.74) is 1.17. The first-order valence-corrected chi connectivity index (χ1v) is 11.0. The van der Waals surface area contributed by atoms with Gasteiger partial charge in [-0.15, -0.1) is 0 Å². The minimum atomic E-state index is -0.770.